The number of aliphatic hydroxyl groups is 1. The Morgan fingerprint density at radius 1 is 1.50 bits per heavy atom. The Hall–Kier alpha value is -0.640. The minimum Gasteiger partial charge on any atom is -0.483 e. The molecule has 2 unspecified atom stereocenters. The van der Waals surface area contributed by atoms with Crippen LogP contribution in [0.4, 0.5) is 4.39 Å². The summed E-state index contributed by atoms with van der Waals surface area (Å²) in [5.41, 5.74) is 0. The van der Waals surface area contributed by atoms with Crippen molar-refractivity contribution in [1.29, 1.82) is 0 Å². The summed E-state index contributed by atoms with van der Waals surface area (Å²) in [7, 11) is 0. The summed E-state index contributed by atoms with van der Waals surface area (Å²) in [6.45, 7) is -0.250. The zero-order valence-electron chi connectivity index (χ0n) is 5.53. The third kappa shape index (κ3) is 3.40. The number of rotatable bonds is 0. The predicted octanol–water partition coefficient (Wildman–Crippen LogP) is 0.570. The fourth-order valence-corrected chi connectivity index (χ4v) is 0.895. The topological polar surface area (TPSA) is 57.5 Å². The first kappa shape index (κ1) is 9.36. The first-order chi connectivity index (χ1) is 4.72. The minimum atomic E-state index is -0.931. The summed E-state index contributed by atoms with van der Waals surface area (Å²) < 4.78 is 12.1. The number of carbonyl (C=O) groups is 1. The summed E-state index contributed by atoms with van der Waals surface area (Å²) >= 11 is 0. The van der Waals surface area contributed by atoms with Crippen molar-refractivity contribution in [2.45, 2.75) is 31.5 Å². The summed E-state index contributed by atoms with van der Waals surface area (Å²) in [6.07, 6.45) is 0.477. The predicted molar refractivity (Wildman–Crippen MR) is 33.4 cm³/mol. The van der Waals surface area contributed by atoms with E-state index in [2.05, 4.69) is 0 Å². The van der Waals surface area contributed by atoms with E-state index in [1.54, 1.807) is 0 Å². The third-order valence-electron chi connectivity index (χ3n) is 1.40. The van der Waals surface area contributed by atoms with E-state index in [9.17, 15) is 4.39 Å². The second-order valence-corrected chi connectivity index (χ2v) is 2.12. The fraction of sp³-hybridized carbons (Fsp3) is 0.833. The number of alkyl halides is 1. The maximum atomic E-state index is 12.1. The van der Waals surface area contributed by atoms with Crippen LogP contribution >= 0.6 is 0 Å². The molecule has 0 aromatic rings. The van der Waals surface area contributed by atoms with E-state index < -0.39 is 12.3 Å². The van der Waals surface area contributed by atoms with Crippen LogP contribution in [0.3, 0.4) is 0 Å². The maximum absolute atomic E-state index is 12.1. The molecule has 0 radical (unpaired) electrons. The van der Waals surface area contributed by atoms with E-state index in [1.165, 1.54) is 0 Å². The second-order valence-electron chi connectivity index (χ2n) is 2.12. The molecule has 4 heteroatoms. The highest BCUT2D eigenvalue weighted by atomic mass is 19.1. The molecular formula is C6H11FO3. The summed E-state index contributed by atoms with van der Waals surface area (Å²) in [5, 5.41) is 15.5. The maximum Gasteiger partial charge on any atom is 0.290 e. The lowest BCUT2D eigenvalue weighted by Gasteiger charge is -2.00. The molecule has 10 heavy (non-hydrogen) atoms. The Labute approximate surface area is 58.5 Å². The van der Waals surface area contributed by atoms with Gasteiger partial charge in [-0.15, -0.1) is 0 Å². The van der Waals surface area contributed by atoms with Crippen LogP contribution in [-0.2, 0) is 4.79 Å². The van der Waals surface area contributed by atoms with Crippen molar-refractivity contribution in [3.8, 4) is 0 Å². The van der Waals surface area contributed by atoms with Crippen LogP contribution in [0.25, 0.3) is 0 Å². The number of hydrogen-bond acceptors (Lipinski definition) is 2. The highest BCUT2D eigenvalue weighted by molar-refractivity contribution is 5.32. The second kappa shape index (κ2) is 5.17. The van der Waals surface area contributed by atoms with Crippen molar-refractivity contribution in [3.63, 3.8) is 0 Å². The minimum absolute atomic E-state index is 0.250. The molecule has 0 saturated heterocycles. The van der Waals surface area contributed by atoms with Gasteiger partial charge in [-0.2, -0.15) is 0 Å². The standard InChI is InChI=1S/C5H9FO.CH2O2/c6-4-2-1-3-5(4)7;2-1-3/h4-5,7H,1-3H2;1H,(H,2,3). The van der Waals surface area contributed by atoms with Gasteiger partial charge in [-0.25, -0.2) is 4.39 Å². The molecule has 1 aliphatic carbocycles. The average molecular weight is 150 g/mol. The molecule has 0 aliphatic heterocycles. The Morgan fingerprint density at radius 2 is 2.00 bits per heavy atom. The molecule has 1 saturated carbocycles. The van der Waals surface area contributed by atoms with Crippen LogP contribution in [0.1, 0.15) is 19.3 Å². The van der Waals surface area contributed by atoms with Gasteiger partial charge in [-0.1, -0.05) is 0 Å². The van der Waals surface area contributed by atoms with E-state index in [1.807, 2.05) is 0 Å². The molecule has 2 atom stereocenters. The van der Waals surface area contributed by atoms with Crippen molar-refractivity contribution in [1.82, 2.24) is 0 Å². The molecular weight excluding hydrogens is 139 g/mol. The molecule has 1 fully saturated rings. The highest BCUT2D eigenvalue weighted by Crippen LogP contribution is 2.20. The van der Waals surface area contributed by atoms with Gasteiger partial charge in [0.1, 0.15) is 6.17 Å². The zero-order valence-corrected chi connectivity index (χ0v) is 5.53. The van der Waals surface area contributed by atoms with E-state index in [-0.39, 0.29) is 6.47 Å². The smallest absolute Gasteiger partial charge is 0.290 e. The lowest BCUT2D eigenvalue weighted by molar-refractivity contribution is -0.122. The SMILES string of the molecule is O=CO.OC1CCCC1F. The van der Waals surface area contributed by atoms with Crippen LogP contribution in [0.15, 0.2) is 0 Å². The Bertz CT molecular complexity index is 89.0. The third-order valence-corrected chi connectivity index (χ3v) is 1.40. The van der Waals surface area contributed by atoms with Gasteiger partial charge in [0.2, 0.25) is 0 Å². The largest absolute Gasteiger partial charge is 0.483 e. The van der Waals surface area contributed by atoms with Crippen LogP contribution in [-0.4, -0.2) is 29.0 Å². The van der Waals surface area contributed by atoms with E-state index in [0.717, 1.165) is 6.42 Å². The molecule has 0 heterocycles. The van der Waals surface area contributed by atoms with Crippen molar-refractivity contribution in [2.24, 2.45) is 0 Å². The van der Waals surface area contributed by atoms with Gasteiger partial charge in [-0.3, -0.25) is 4.79 Å². The zero-order chi connectivity index (χ0) is 7.98. The number of carboxylic acid groups (broad SMARTS) is 1. The molecule has 0 aromatic carbocycles. The lowest BCUT2D eigenvalue weighted by Crippen LogP contribution is -2.12. The van der Waals surface area contributed by atoms with Crippen molar-refractivity contribution < 1.29 is 19.4 Å². The highest BCUT2D eigenvalue weighted by Gasteiger charge is 2.23. The normalized spacial score (nSPS) is 30.6. The molecule has 1 aliphatic rings. The van der Waals surface area contributed by atoms with E-state index >= 15 is 0 Å². The molecule has 2 N–H and O–H groups in total. The number of hydrogen-bond donors (Lipinski definition) is 2. The number of halogens is 1. The summed E-state index contributed by atoms with van der Waals surface area (Å²) in [6, 6.07) is 0. The lowest BCUT2D eigenvalue weighted by atomic mass is 10.3. The van der Waals surface area contributed by atoms with Gasteiger partial charge < -0.3 is 10.2 Å². The van der Waals surface area contributed by atoms with Crippen molar-refractivity contribution >= 4 is 6.47 Å². The van der Waals surface area contributed by atoms with Crippen molar-refractivity contribution in [3.05, 3.63) is 0 Å². The van der Waals surface area contributed by atoms with Gasteiger partial charge in [0.15, 0.2) is 0 Å². The summed E-state index contributed by atoms with van der Waals surface area (Å²) in [4.78, 5) is 8.36. The average Bonchev–Trinajstić information content (AvgIpc) is 2.19. The van der Waals surface area contributed by atoms with Gasteiger partial charge in [-0.05, 0) is 19.3 Å². The van der Waals surface area contributed by atoms with E-state index in [0.29, 0.717) is 12.8 Å². The first-order valence-corrected chi connectivity index (χ1v) is 3.12. The quantitative estimate of drug-likeness (QED) is 0.496. The van der Waals surface area contributed by atoms with Crippen LogP contribution in [0.5, 0.6) is 0 Å². The van der Waals surface area contributed by atoms with Crippen LogP contribution < -0.4 is 0 Å². The van der Waals surface area contributed by atoms with Gasteiger partial charge in [0.05, 0.1) is 6.10 Å². The molecule has 0 bridgehead atoms. The molecule has 0 spiro atoms. The number of aliphatic hydroxyl groups excluding tert-OH is 1. The molecule has 3 nitrogen and oxygen atoms in total. The Morgan fingerprint density at radius 3 is 2.10 bits per heavy atom. The van der Waals surface area contributed by atoms with Crippen LogP contribution in [0.2, 0.25) is 0 Å². The molecule has 60 valence electrons. The molecule has 0 aromatic heterocycles. The summed E-state index contributed by atoms with van der Waals surface area (Å²) in [5.74, 6) is 0. The monoisotopic (exact) mass is 150 g/mol. The van der Waals surface area contributed by atoms with Gasteiger partial charge in [0.25, 0.3) is 6.47 Å². The fourth-order valence-electron chi connectivity index (χ4n) is 0.895. The van der Waals surface area contributed by atoms with Gasteiger partial charge >= 0.3 is 0 Å². The molecule has 0 amide bonds. The van der Waals surface area contributed by atoms with E-state index in [4.69, 9.17) is 15.0 Å². The molecule has 1 rings (SSSR count). The first-order valence-electron chi connectivity index (χ1n) is 3.12. The van der Waals surface area contributed by atoms with Crippen LogP contribution in [0, 0.1) is 0 Å². The van der Waals surface area contributed by atoms with Crippen molar-refractivity contribution in [2.75, 3.05) is 0 Å². The van der Waals surface area contributed by atoms with Gasteiger partial charge in [0, 0.05) is 0 Å². The Kier molecular flexibility index (Phi) is 4.84. The Balaban J connectivity index is 0.000000236.